The Hall–Kier alpha value is -1.15. The number of aryl methyl sites for hydroxylation is 1. The maximum absolute atomic E-state index is 4.22. The summed E-state index contributed by atoms with van der Waals surface area (Å²) < 4.78 is 0. The summed E-state index contributed by atoms with van der Waals surface area (Å²) in [6.07, 6.45) is 3.71. The molecule has 2 nitrogen and oxygen atoms in total. The van der Waals surface area contributed by atoms with Gasteiger partial charge in [0.25, 0.3) is 0 Å². The summed E-state index contributed by atoms with van der Waals surface area (Å²) in [7, 11) is 0. The van der Waals surface area contributed by atoms with Crippen molar-refractivity contribution < 1.29 is 0 Å². The third-order valence-corrected chi connectivity index (χ3v) is 2.08. The van der Waals surface area contributed by atoms with E-state index in [1.165, 1.54) is 5.56 Å². The zero-order valence-corrected chi connectivity index (χ0v) is 8.25. The second-order valence-corrected chi connectivity index (χ2v) is 3.15. The highest BCUT2D eigenvalue weighted by Gasteiger charge is 1.99. The highest BCUT2D eigenvalue weighted by molar-refractivity contribution is 5.18. The summed E-state index contributed by atoms with van der Waals surface area (Å²) >= 11 is 0. The molecule has 1 unspecified atom stereocenters. The maximum atomic E-state index is 4.22. The van der Waals surface area contributed by atoms with Crippen LogP contribution >= 0.6 is 0 Å². The molecule has 0 aliphatic carbocycles. The second-order valence-electron chi connectivity index (χ2n) is 3.15. The number of nitrogens with one attached hydrogen (secondary N) is 1. The van der Waals surface area contributed by atoms with Crippen LogP contribution in [0.3, 0.4) is 0 Å². The van der Waals surface area contributed by atoms with Gasteiger partial charge in [-0.1, -0.05) is 12.1 Å². The Bertz CT molecular complexity index is 281. The number of pyridine rings is 1. The van der Waals surface area contributed by atoms with Gasteiger partial charge >= 0.3 is 0 Å². The molecular formula is C11H16N2. The van der Waals surface area contributed by atoms with E-state index in [1.807, 2.05) is 25.3 Å². The second kappa shape index (κ2) is 4.77. The molecule has 0 amide bonds. The van der Waals surface area contributed by atoms with Crippen molar-refractivity contribution in [2.75, 3.05) is 0 Å². The van der Waals surface area contributed by atoms with Crippen LogP contribution in [0.4, 0.5) is 0 Å². The molecule has 1 heterocycles. The minimum Gasteiger partial charge on any atom is -0.307 e. The number of aromatic nitrogens is 1. The van der Waals surface area contributed by atoms with Gasteiger partial charge < -0.3 is 5.32 Å². The van der Waals surface area contributed by atoms with Crippen molar-refractivity contribution in [1.29, 1.82) is 0 Å². The van der Waals surface area contributed by atoms with Gasteiger partial charge in [0, 0.05) is 24.5 Å². The van der Waals surface area contributed by atoms with Crippen molar-refractivity contribution in [3.63, 3.8) is 0 Å². The Balaban J connectivity index is 2.54. The van der Waals surface area contributed by atoms with Crippen LogP contribution in [0.25, 0.3) is 0 Å². The molecule has 0 fully saturated rings. The molecular weight excluding hydrogens is 160 g/mol. The monoisotopic (exact) mass is 176 g/mol. The van der Waals surface area contributed by atoms with Crippen molar-refractivity contribution in [1.82, 2.24) is 10.3 Å². The van der Waals surface area contributed by atoms with E-state index < -0.39 is 0 Å². The van der Waals surface area contributed by atoms with Crippen LogP contribution in [0.1, 0.15) is 18.2 Å². The van der Waals surface area contributed by atoms with Gasteiger partial charge in [-0.3, -0.25) is 4.98 Å². The molecule has 70 valence electrons. The summed E-state index contributed by atoms with van der Waals surface area (Å²) in [5, 5.41) is 3.33. The van der Waals surface area contributed by atoms with Crippen molar-refractivity contribution in [2.45, 2.75) is 26.4 Å². The molecule has 0 aliphatic heterocycles. The lowest BCUT2D eigenvalue weighted by atomic mass is 10.2. The molecule has 1 rings (SSSR count). The molecule has 0 saturated heterocycles. The van der Waals surface area contributed by atoms with E-state index in [0.717, 1.165) is 12.2 Å². The fourth-order valence-electron chi connectivity index (χ4n) is 1.06. The number of rotatable bonds is 4. The number of nitrogens with zero attached hydrogens (tertiary/aromatic N) is 1. The van der Waals surface area contributed by atoms with Crippen LogP contribution in [-0.4, -0.2) is 11.0 Å². The lowest BCUT2D eigenvalue weighted by molar-refractivity contribution is 0.630. The lowest BCUT2D eigenvalue weighted by Crippen LogP contribution is -2.23. The molecule has 0 saturated carbocycles. The fraction of sp³-hybridized carbons (Fsp3) is 0.364. The van der Waals surface area contributed by atoms with Crippen LogP contribution in [0.5, 0.6) is 0 Å². The van der Waals surface area contributed by atoms with Gasteiger partial charge in [-0.15, -0.1) is 6.58 Å². The lowest BCUT2D eigenvalue weighted by Gasteiger charge is -2.09. The third-order valence-electron chi connectivity index (χ3n) is 2.08. The SMILES string of the molecule is C=CC(C)NCc1cccnc1C. The standard InChI is InChI=1S/C11H16N2/c1-4-9(2)13-8-11-6-5-7-12-10(11)3/h4-7,9,13H,1,8H2,2-3H3. The van der Waals surface area contributed by atoms with Gasteiger partial charge in [0.2, 0.25) is 0 Å². The molecule has 1 aromatic rings. The first-order valence-corrected chi connectivity index (χ1v) is 4.50. The summed E-state index contributed by atoms with van der Waals surface area (Å²) in [5.41, 5.74) is 2.34. The van der Waals surface area contributed by atoms with Gasteiger partial charge in [-0.2, -0.15) is 0 Å². The number of hydrogen-bond donors (Lipinski definition) is 1. The summed E-state index contributed by atoms with van der Waals surface area (Å²) in [6, 6.07) is 4.40. The minimum atomic E-state index is 0.347. The number of hydrogen-bond acceptors (Lipinski definition) is 2. The first-order chi connectivity index (χ1) is 6.24. The van der Waals surface area contributed by atoms with Crippen molar-refractivity contribution in [2.24, 2.45) is 0 Å². The van der Waals surface area contributed by atoms with Crippen LogP contribution in [0.2, 0.25) is 0 Å². The smallest absolute Gasteiger partial charge is 0.0417 e. The molecule has 2 heteroatoms. The predicted octanol–water partition coefficient (Wildman–Crippen LogP) is 2.05. The highest BCUT2D eigenvalue weighted by Crippen LogP contribution is 2.03. The van der Waals surface area contributed by atoms with Crippen molar-refractivity contribution in [3.05, 3.63) is 42.2 Å². The topological polar surface area (TPSA) is 24.9 Å². The van der Waals surface area contributed by atoms with Gasteiger partial charge in [-0.05, 0) is 25.5 Å². The quantitative estimate of drug-likeness (QED) is 0.710. The highest BCUT2D eigenvalue weighted by atomic mass is 14.9. The van der Waals surface area contributed by atoms with Crippen LogP contribution in [-0.2, 0) is 6.54 Å². The van der Waals surface area contributed by atoms with Gasteiger partial charge in [-0.25, -0.2) is 0 Å². The Morgan fingerprint density at radius 2 is 2.46 bits per heavy atom. The normalized spacial score (nSPS) is 12.5. The van der Waals surface area contributed by atoms with Gasteiger partial charge in [0.05, 0.1) is 0 Å². The maximum Gasteiger partial charge on any atom is 0.0417 e. The van der Waals surface area contributed by atoms with E-state index in [1.54, 1.807) is 0 Å². The first kappa shape index (κ1) is 9.93. The van der Waals surface area contributed by atoms with Crippen molar-refractivity contribution in [3.8, 4) is 0 Å². The molecule has 0 bridgehead atoms. The van der Waals surface area contributed by atoms with E-state index in [0.29, 0.717) is 6.04 Å². The van der Waals surface area contributed by atoms with Crippen LogP contribution in [0, 0.1) is 6.92 Å². The van der Waals surface area contributed by atoms with E-state index >= 15 is 0 Å². The zero-order valence-electron chi connectivity index (χ0n) is 8.25. The van der Waals surface area contributed by atoms with E-state index in [-0.39, 0.29) is 0 Å². The van der Waals surface area contributed by atoms with E-state index in [2.05, 4.69) is 29.9 Å². The van der Waals surface area contributed by atoms with Crippen molar-refractivity contribution >= 4 is 0 Å². The van der Waals surface area contributed by atoms with Gasteiger partial charge in [0.15, 0.2) is 0 Å². The Labute approximate surface area is 79.7 Å². The molecule has 13 heavy (non-hydrogen) atoms. The fourth-order valence-corrected chi connectivity index (χ4v) is 1.06. The Kier molecular flexibility index (Phi) is 3.65. The minimum absolute atomic E-state index is 0.347. The summed E-state index contributed by atoms with van der Waals surface area (Å²) in [6.45, 7) is 8.68. The summed E-state index contributed by atoms with van der Waals surface area (Å²) in [5.74, 6) is 0. The Morgan fingerprint density at radius 1 is 1.69 bits per heavy atom. The van der Waals surface area contributed by atoms with E-state index in [4.69, 9.17) is 0 Å². The largest absolute Gasteiger partial charge is 0.307 e. The zero-order chi connectivity index (χ0) is 9.68. The molecule has 0 aromatic carbocycles. The van der Waals surface area contributed by atoms with E-state index in [9.17, 15) is 0 Å². The molecule has 1 atom stereocenters. The molecule has 0 radical (unpaired) electrons. The predicted molar refractivity (Wildman–Crippen MR) is 55.5 cm³/mol. The summed E-state index contributed by atoms with van der Waals surface area (Å²) in [4.78, 5) is 4.22. The first-order valence-electron chi connectivity index (χ1n) is 4.50. The Morgan fingerprint density at radius 3 is 3.08 bits per heavy atom. The molecule has 1 aromatic heterocycles. The molecule has 0 aliphatic rings. The van der Waals surface area contributed by atoms with Gasteiger partial charge in [0.1, 0.15) is 0 Å². The third kappa shape index (κ3) is 2.99. The molecule has 1 N–H and O–H groups in total. The average Bonchev–Trinajstić information content (AvgIpc) is 2.16. The molecule has 0 spiro atoms. The average molecular weight is 176 g/mol. The van der Waals surface area contributed by atoms with Crippen LogP contribution in [0.15, 0.2) is 31.0 Å². The van der Waals surface area contributed by atoms with Crippen LogP contribution < -0.4 is 5.32 Å².